The number of halogens is 5. The molecule has 0 saturated heterocycles. The van der Waals surface area contributed by atoms with Gasteiger partial charge in [0.05, 0.1) is 29.8 Å². The smallest absolute Gasteiger partial charge is 0.416 e. The van der Waals surface area contributed by atoms with Crippen molar-refractivity contribution in [3.8, 4) is 17.1 Å². The van der Waals surface area contributed by atoms with Crippen LogP contribution in [0, 0.1) is 7.14 Å². The average Bonchev–Trinajstić information content (AvgIpc) is 3.00. The zero-order valence-electron chi connectivity index (χ0n) is 22.1. The molecule has 0 amide bonds. The third-order valence-electron chi connectivity index (χ3n) is 6.80. The monoisotopic (exact) mass is 801 g/mol. The summed E-state index contributed by atoms with van der Waals surface area (Å²) in [6, 6.07) is 29.4. The number of rotatable bonds is 6. The van der Waals surface area contributed by atoms with Crippen molar-refractivity contribution in [2.75, 3.05) is 0 Å². The molecule has 0 aliphatic heterocycles. The van der Waals surface area contributed by atoms with Crippen molar-refractivity contribution in [3.05, 3.63) is 137 Å². The first-order valence-electron chi connectivity index (χ1n) is 13.0. The van der Waals surface area contributed by atoms with Gasteiger partial charge >= 0.3 is 6.18 Å². The molecule has 5 nitrogen and oxygen atoms in total. The van der Waals surface area contributed by atoms with Crippen LogP contribution in [0.5, 0.6) is 5.75 Å². The minimum Gasteiger partial charge on any atom is -0.487 e. The van der Waals surface area contributed by atoms with Gasteiger partial charge in [0.1, 0.15) is 12.4 Å². The maximum Gasteiger partial charge on any atom is 0.416 e. The quantitative estimate of drug-likeness (QED) is 0.125. The molecular formula is C33H20F3I2N3O2. The van der Waals surface area contributed by atoms with Gasteiger partial charge in [-0.1, -0.05) is 66.7 Å². The Labute approximate surface area is 271 Å². The van der Waals surface area contributed by atoms with Crippen molar-refractivity contribution in [3.63, 3.8) is 0 Å². The van der Waals surface area contributed by atoms with Crippen molar-refractivity contribution >= 4 is 73.1 Å². The predicted octanol–water partition coefficient (Wildman–Crippen LogP) is 8.91. The summed E-state index contributed by atoms with van der Waals surface area (Å²) in [5.74, 6) is 0.728. The van der Waals surface area contributed by atoms with Crippen LogP contribution in [0.1, 0.15) is 16.7 Å². The molecule has 0 bridgehead atoms. The molecule has 214 valence electrons. The van der Waals surface area contributed by atoms with Crippen molar-refractivity contribution in [1.29, 1.82) is 0 Å². The standard InChI is InChI=1S/C33H20F3I2N3O2/c34-33(35,36)24-11-6-9-22(17-24)31-40-29-14-4-3-13-26(29)32(42)41(31)39-18-20-15-27(37)30(28(38)16-20)43-19-23-10-5-8-21-7-1-2-12-25(21)23/h1-18H,19H2. The molecule has 0 radical (unpaired) electrons. The summed E-state index contributed by atoms with van der Waals surface area (Å²) in [7, 11) is 0. The van der Waals surface area contributed by atoms with E-state index in [4.69, 9.17) is 4.74 Å². The molecular weight excluding hydrogens is 781 g/mol. The lowest BCUT2D eigenvalue weighted by molar-refractivity contribution is -0.137. The summed E-state index contributed by atoms with van der Waals surface area (Å²) in [5.41, 5.74) is 0.904. The van der Waals surface area contributed by atoms with Gasteiger partial charge in [0.25, 0.3) is 5.56 Å². The maximum atomic E-state index is 13.5. The molecule has 0 aliphatic carbocycles. The summed E-state index contributed by atoms with van der Waals surface area (Å²) < 4.78 is 49.4. The van der Waals surface area contributed by atoms with E-state index >= 15 is 0 Å². The van der Waals surface area contributed by atoms with Gasteiger partial charge in [-0.25, -0.2) is 4.98 Å². The fourth-order valence-electron chi connectivity index (χ4n) is 4.74. The Bertz CT molecular complexity index is 2060. The maximum absolute atomic E-state index is 13.5. The number of para-hydroxylation sites is 1. The number of fused-ring (bicyclic) bond motifs is 2. The second-order valence-electron chi connectivity index (χ2n) is 9.63. The van der Waals surface area contributed by atoms with Crippen molar-refractivity contribution in [2.45, 2.75) is 12.8 Å². The number of alkyl halides is 3. The van der Waals surface area contributed by atoms with Gasteiger partial charge in [-0.05, 0) is 103 Å². The molecule has 0 aliphatic rings. The van der Waals surface area contributed by atoms with E-state index in [0.29, 0.717) is 23.1 Å². The molecule has 1 heterocycles. The molecule has 0 fully saturated rings. The lowest BCUT2D eigenvalue weighted by Crippen LogP contribution is -2.20. The molecule has 0 spiro atoms. The largest absolute Gasteiger partial charge is 0.487 e. The Morgan fingerprint density at radius 3 is 2.28 bits per heavy atom. The molecule has 43 heavy (non-hydrogen) atoms. The number of aromatic nitrogens is 2. The van der Waals surface area contributed by atoms with Crippen molar-refractivity contribution in [1.82, 2.24) is 9.66 Å². The van der Waals surface area contributed by atoms with E-state index in [9.17, 15) is 18.0 Å². The number of nitrogens with zero attached hydrogens (tertiary/aromatic N) is 3. The second kappa shape index (κ2) is 12.1. The van der Waals surface area contributed by atoms with E-state index in [-0.39, 0.29) is 11.4 Å². The van der Waals surface area contributed by atoms with Crippen molar-refractivity contribution < 1.29 is 17.9 Å². The Hall–Kier alpha value is -3.78. The normalized spacial score (nSPS) is 11.9. The van der Waals surface area contributed by atoms with E-state index in [1.54, 1.807) is 24.3 Å². The summed E-state index contributed by atoms with van der Waals surface area (Å²) in [5, 5.41) is 7.00. The predicted molar refractivity (Wildman–Crippen MR) is 180 cm³/mol. The van der Waals surface area contributed by atoms with Gasteiger partial charge in [-0.3, -0.25) is 4.79 Å². The van der Waals surface area contributed by atoms with Crippen LogP contribution in [-0.4, -0.2) is 15.9 Å². The fraction of sp³-hybridized carbons (Fsp3) is 0.0606. The number of benzene rings is 5. The first kappa shape index (κ1) is 29.3. The Morgan fingerprint density at radius 2 is 1.51 bits per heavy atom. The SMILES string of the molecule is O=c1c2ccccc2nc(-c2cccc(C(F)(F)F)c2)n1N=Cc1cc(I)c(OCc2cccc3ccccc23)c(I)c1. The zero-order chi connectivity index (χ0) is 30.1. The van der Waals surface area contributed by atoms with Crippen LogP contribution in [0.3, 0.4) is 0 Å². The minimum atomic E-state index is -4.55. The lowest BCUT2D eigenvalue weighted by Gasteiger charge is -2.13. The molecule has 10 heteroatoms. The van der Waals surface area contributed by atoms with Crippen LogP contribution in [0.4, 0.5) is 13.2 Å². The van der Waals surface area contributed by atoms with Crippen LogP contribution in [0.25, 0.3) is 33.1 Å². The van der Waals surface area contributed by atoms with E-state index in [2.05, 4.69) is 73.5 Å². The highest BCUT2D eigenvalue weighted by molar-refractivity contribution is 14.1. The number of hydrogen-bond acceptors (Lipinski definition) is 4. The summed E-state index contributed by atoms with van der Waals surface area (Å²) in [4.78, 5) is 18.0. The molecule has 0 atom stereocenters. The van der Waals surface area contributed by atoms with Gasteiger partial charge in [0.15, 0.2) is 5.82 Å². The highest BCUT2D eigenvalue weighted by Crippen LogP contribution is 2.33. The van der Waals surface area contributed by atoms with Crippen LogP contribution in [0.2, 0.25) is 0 Å². The van der Waals surface area contributed by atoms with E-state index in [0.717, 1.165) is 46.0 Å². The molecule has 0 unspecified atom stereocenters. The highest BCUT2D eigenvalue weighted by Gasteiger charge is 2.31. The minimum absolute atomic E-state index is 0.00508. The van der Waals surface area contributed by atoms with Gasteiger partial charge in [-0.15, -0.1) is 0 Å². The van der Waals surface area contributed by atoms with E-state index in [1.807, 2.05) is 36.4 Å². The van der Waals surface area contributed by atoms with Crippen LogP contribution < -0.4 is 10.3 Å². The molecule has 0 saturated carbocycles. The third-order valence-corrected chi connectivity index (χ3v) is 8.40. The lowest BCUT2D eigenvalue weighted by atomic mass is 10.1. The first-order chi connectivity index (χ1) is 20.7. The highest BCUT2D eigenvalue weighted by atomic mass is 127. The summed E-state index contributed by atoms with van der Waals surface area (Å²) in [6.45, 7) is 0.388. The van der Waals surface area contributed by atoms with Crippen LogP contribution >= 0.6 is 45.2 Å². The second-order valence-corrected chi connectivity index (χ2v) is 12.0. The Morgan fingerprint density at radius 1 is 0.837 bits per heavy atom. The van der Waals surface area contributed by atoms with Gasteiger partial charge in [-0.2, -0.15) is 22.9 Å². The van der Waals surface area contributed by atoms with Crippen molar-refractivity contribution in [2.24, 2.45) is 5.10 Å². The Kier molecular flexibility index (Phi) is 8.23. The molecule has 6 rings (SSSR count). The number of ether oxygens (including phenoxy) is 1. The van der Waals surface area contributed by atoms with Gasteiger partial charge < -0.3 is 4.74 Å². The summed E-state index contributed by atoms with van der Waals surface area (Å²) in [6.07, 6.45) is -3.06. The van der Waals surface area contributed by atoms with Gasteiger partial charge in [0, 0.05) is 5.56 Å². The third kappa shape index (κ3) is 6.16. The average molecular weight is 801 g/mol. The molecule has 0 N–H and O–H groups in total. The van der Waals surface area contributed by atoms with E-state index in [1.165, 1.54) is 18.3 Å². The molecule has 6 aromatic rings. The fourth-order valence-corrected chi connectivity index (χ4v) is 6.86. The first-order valence-corrected chi connectivity index (χ1v) is 15.2. The van der Waals surface area contributed by atoms with Gasteiger partial charge in [0.2, 0.25) is 0 Å². The number of hydrogen-bond donors (Lipinski definition) is 0. The zero-order valence-corrected chi connectivity index (χ0v) is 26.5. The Balaban J connectivity index is 1.35. The summed E-state index contributed by atoms with van der Waals surface area (Å²) >= 11 is 4.39. The van der Waals surface area contributed by atoms with Crippen LogP contribution in [0.15, 0.2) is 113 Å². The van der Waals surface area contributed by atoms with E-state index < -0.39 is 17.3 Å². The molecule has 5 aromatic carbocycles. The topological polar surface area (TPSA) is 56.5 Å². The molecule has 1 aromatic heterocycles. The van der Waals surface area contributed by atoms with Crippen LogP contribution in [-0.2, 0) is 12.8 Å².